The van der Waals surface area contributed by atoms with Crippen LogP contribution in [0.3, 0.4) is 0 Å². The Morgan fingerprint density at radius 1 is 0.472 bits per heavy atom. The molecule has 0 saturated carbocycles. The van der Waals surface area contributed by atoms with Crippen molar-refractivity contribution in [2.45, 2.75) is 39.0 Å². The predicted molar refractivity (Wildman–Crippen MR) is 150 cm³/mol. The maximum atomic E-state index is 4.96. The highest BCUT2D eigenvalue weighted by Gasteiger charge is 2.25. The van der Waals surface area contributed by atoms with Crippen LogP contribution in [0, 0.1) is 0 Å². The normalized spacial score (nSPS) is 11.4. The number of nitrogens with zero attached hydrogens (tertiary/aromatic N) is 3. The van der Waals surface area contributed by atoms with Crippen LogP contribution in [0.1, 0.15) is 39.4 Å². The quantitative estimate of drug-likeness (QED) is 0.239. The molecule has 0 spiro atoms. The van der Waals surface area contributed by atoms with Crippen LogP contribution < -0.4 is 0 Å². The predicted octanol–water partition coefficient (Wildman–Crippen LogP) is 8.62. The molecule has 0 aliphatic rings. The Morgan fingerprint density at radius 2 is 0.833 bits per heavy atom. The molecule has 36 heavy (non-hydrogen) atoms. The van der Waals surface area contributed by atoms with E-state index >= 15 is 0 Å². The van der Waals surface area contributed by atoms with Gasteiger partial charge in [-0.1, -0.05) is 136 Å². The molecule has 3 nitrogen and oxygen atoms in total. The van der Waals surface area contributed by atoms with Crippen LogP contribution in [0.25, 0.3) is 45.0 Å². The van der Waals surface area contributed by atoms with E-state index in [-0.39, 0.29) is 5.41 Å². The molecule has 4 aromatic carbocycles. The minimum atomic E-state index is -0.144. The van der Waals surface area contributed by atoms with Crippen molar-refractivity contribution < 1.29 is 0 Å². The molecule has 0 unspecified atom stereocenters. The van der Waals surface area contributed by atoms with Gasteiger partial charge in [-0.3, -0.25) is 0 Å². The lowest BCUT2D eigenvalue weighted by Gasteiger charge is -2.23. The van der Waals surface area contributed by atoms with Crippen LogP contribution in [0.2, 0.25) is 0 Å². The molecule has 1 aromatic heterocycles. The molecule has 5 aromatic rings. The van der Waals surface area contributed by atoms with E-state index in [1.165, 1.54) is 22.3 Å². The summed E-state index contributed by atoms with van der Waals surface area (Å²) in [5.41, 5.74) is 6.59. The Bertz CT molecular complexity index is 1320. The van der Waals surface area contributed by atoms with Crippen molar-refractivity contribution in [3.63, 3.8) is 0 Å². The summed E-state index contributed by atoms with van der Waals surface area (Å²) in [7, 11) is 0. The molecule has 0 saturated heterocycles. The lowest BCUT2D eigenvalue weighted by molar-refractivity contribution is 0.444. The minimum Gasteiger partial charge on any atom is -0.212 e. The summed E-state index contributed by atoms with van der Waals surface area (Å²) in [6, 6.07) is 37.8. The van der Waals surface area contributed by atoms with Gasteiger partial charge in [-0.2, -0.15) is 0 Å². The molecule has 0 atom stereocenters. The lowest BCUT2D eigenvalue weighted by atomic mass is 9.87. The molecule has 0 aliphatic heterocycles. The van der Waals surface area contributed by atoms with Crippen molar-refractivity contribution in [2.24, 2.45) is 0 Å². The first-order chi connectivity index (χ1) is 17.5. The number of benzene rings is 4. The van der Waals surface area contributed by atoms with Gasteiger partial charge in [0.25, 0.3) is 0 Å². The third-order valence-electron chi connectivity index (χ3n) is 6.62. The molecule has 3 heteroatoms. The molecule has 0 bridgehead atoms. The van der Waals surface area contributed by atoms with Gasteiger partial charge in [0.05, 0.1) is 0 Å². The van der Waals surface area contributed by atoms with Gasteiger partial charge in [0.2, 0.25) is 0 Å². The van der Waals surface area contributed by atoms with E-state index in [0.29, 0.717) is 11.6 Å². The van der Waals surface area contributed by atoms with Crippen LogP contribution in [0.5, 0.6) is 0 Å². The fourth-order valence-corrected chi connectivity index (χ4v) is 4.56. The molecule has 0 N–H and O–H groups in total. The van der Waals surface area contributed by atoms with Gasteiger partial charge in [0.1, 0.15) is 5.82 Å². The molecule has 1 heterocycles. The van der Waals surface area contributed by atoms with Gasteiger partial charge < -0.3 is 0 Å². The molecular formula is C33H31N3. The van der Waals surface area contributed by atoms with Gasteiger partial charge >= 0.3 is 0 Å². The zero-order valence-corrected chi connectivity index (χ0v) is 21.1. The van der Waals surface area contributed by atoms with E-state index in [1.807, 2.05) is 12.1 Å². The number of hydrogen-bond acceptors (Lipinski definition) is 3. The monoisotopic (exact) mass is 469 g/mol. The largest absolute Gasteiger partial charge is 0.212 e. The van der Waals surface area contributed by atoms with Gasteiger partial charge in [0, 0.05) is 16.5 Å². The van der Waals surface area contributed by atoms with Gasteiger partial charge in [-0.25, -0.2) is 15.0 Å². The van der Waals surface area contributed by atoms with Gasteiger partial charge in [0.15, 0.2) is 11.6 Å². The number of aromatic nitrogens is 3. The average molecular weight is 470 g/mol. The van der Waals surface area contributed by atoms with Crippen LogP contribution in [-0.4, -0.2) is 15.0 Å². The maximum Gasteiger partial charge on any atom is 0.163 e. The van der Waals surface area contributed by atoms with E-state index in [1.54, 1.807) is 0 Å². The summed E-state index contributed by atoms with van der Waals surface area (Å²) < 4.78 is 0. The van der Waals surface area contributed by atoms with E-state index in [4.69, 9.17) is 15.0 Å². The van der Waals surface area contributed by atoms with Gasteiger partial charge in [-0.15, -0.1) is 0 Å². The summed E-state index contributed by atoms with van der Waals surface area (Å²) in [6.45, 7) is 6.64. The van der Waals surface area contributed by atoms with Crippen LogP contribution in [0.15, 0.2) is 109 Å². The highest BCUT2D eigenvalue weighted by molar-refractivity contribution is 5.70. The van der Waals surface area contributed by atoms with Crippen molar-refractivity contribution in [1.82, 2.24) is 15.0 Å². The van der Waals surface area contributed by atoms with E-state index in [0.717, 1.165) is 29.8 Å². The summed E-state index contributed by atoms with van der Waals surface area (Å²) >= 11 is 0. The Labute approximate surface area is 214 Å². The average Bonchev–Trinajstić information content (AvgIpc) is 2.94. The number of hydrogen-bond donors (Lipinski definition) is 0. The Kier molecular flexibility index (Phi) is 6.73. The molecule has 0 fully saturated rings. The van der Waals surface area contributed by atoms with Crippen molar-refractivity contribution in [3.8, 4) is 45.0 Å². The van der Waals surface area contributed by atoms with Crippen LogP contribution >= 0.6 is 0 Å². The first-order valence-corrected chi connectivity index (χ1v) is 12.6. The smallest absolute Gasteiger partial charge is 0.163 e. The second-order valence-electron chi connectivity index (χ2n) is 9.83. The van der Waals surface area contributed by atoms with Crippen LogP contribution in [0.4, 0.5) is 0 Å². The number of rotatable bonds is 7. The van der Waals surface area contributed by atoms with Crippen molar-refractivity contribution >= 4 is 0 Å². The van der Waals surface area contributed by atoms with E-state index in [9.17, 15) is 0 Å². The zero-order valence-electron chi connectivity index (χ0n) is 21.1. The molecule has 178 valence electrons. The molecule has 0 aliphatic carbocycles. The summed E-state index contributed by atoms with van der Waals surface area (Å²) in [6.07, 6.45) is 2.08. The summed E-state index contributed by atoms with van der Waals surface area (Å²) in [5, 5.41) is 0. The van der Waals surface area contributed by atoms with Gasteiger partial charge in [-0.05, 0) is 28.7 Å². The first-order valence-electron chi connectivity index (χ1n) is 12.6. The summed E-state index contributed by atoms with van der Waals surface area (Å²) in [5.74, 6) is 2.26. The molecule has 0 radical (unpaired) electrons. The molecule has 0 amide bonds. The van der Waals surface area contributed by atoms with Crippen LogP contribution in [-0.2, 0) is 5.41 Å². The van der Waals surface area contributed by atoms with E-state index in [2.05, 4.69) is 118 Å². The minimum absolute atomic E-state index is 0.144. The third kappa shape index (κ3) is 5.11. The second-order valence-corrected chi connectivity index (χ2v) is 9.83. The fourth-order valence-electron chi connectivity index (χ4n) is 4.56. The first kappa shape index (κ1) is 23.6. The Balaban J connectivity index is 1.55. The van der Waals surface area contributed by atoms with Crippen molar-refractivity contribution in [3.05, 3.63) is 115 Å². The maximum absolute atomic E-state index is 4.96. The standard InChI is InChI=1S/C33H31N3/c1-4-23-33(2,3)32-35-30(28-19-15-26(16-20-28)24-11-7-5-8-12-24)34-31(36-32)29-21-17-27(18-22-29)25-13-9-6-10-14-25/h5-22H,4,23H2,1-3H3. The fraction of sp³-hybridized carbons (Fsp3) is 0.182. The lowest BCUT2D eigenvalue weighted by Crippen LogP contribution is -2.22. The molecular weight excluding hydrogens is 438 g/mol. The SMILES string of the molecule is CCCC(C)(C)c1nc(-c2ccc(-c3ccccc3)cc2)nc(-c2ccc(-c3ccccc3)cc2)n1. The Morgan fingerprint density at radius 3 is 1.22 bits per heavy atom. The zero-order chi connectivity index (χ0) is 25.0. The summed E-state index contributed by atoms with van der Waals surface area (Å²) in [4.78, 5) is 14.9. The van der Waals surface area contributed by atoms with Crippen molar-refractivity contribution in [2.75, 3.05) is 0 Å². The van der Waals surface area contributed by atoms with Crippen molar-refractivity contribution in [1.29, 1.82) is 0 Å². The van der Waals surface area contributed by atoms with E-state index < -0.39 is 0 Å². The highest BCUT2D eigenvalue weighted by atomic mass is 15.0. The highest BCUT2D eigenvalue weighted by Crippen LogP contribution is 2.31. The molecule has 5 rings (SSSR count). The second kappa shape index (κ2) is 10.2. The Hall–Kier alpha value is -4.11. The third-order valence-corrected chi connectivity index (χ3v) is 6.62. The topological polar surface area (TPSA) is 38.7 Å².